The second kappa shape index (κ2) is 2.41. The second-order valence-electron chi connectivity index (χ2n) is 3.00. The average Bonchev–Trinajstić information content (AvgIpc) is 2.61. The van der Waals surface area contributed by atoms with Gasteiger partial charge in [-0.3, -0.25) is 9.38 Å². The summed E-state index contributed by atoms with van der Waals surface area (Å²) in [6.07, 6.45) is 1.66. The third kappa shape index (κ3) is 0.806. The Balaban J connectivity index is 2.65. The van der Waals surface area contributed by atoms with Crippen molar-refractivity contribution in [2.24, 2.45) is 0 Å². The molecular formula is C9H7N5. The fourth-order valence-electron chi connectivity index (χ4n) is 1.53. The molecule has 2 heterocycles. The molecule has 0 aliphatic rings. The van der Waals surface area contributed by atoms with Crippen LogP contribution < -0.4 is 5.73 Å². The van der Waals surface area contributed by atoms with Crippen LogP contribution in [0.2, 0.25) is 0 Å². The predicted molar refractivity (Wildman–Crippen MR) is 52.7 cm³/mol. The van der Waals surface area contributed by atoms with Gasteiger partial charge in [-0.2, -0.15) is 0 Å². The number of benzene rings is 1. The first kappa shape index (κ1) is 7.25. The van der Waals surface area contributed by atoms with Crippen LogP contribution in [0.4, 0.5) is 5.95 Å². The van der Waals surface area contributed by atoms with E-state index in [0.717, 1.165) is 11.0 Å². The Morgan fingerprint density at radius 2 is 2.00 bits per heavy atom. The van der Waals surface area contributed by atoms with Gasteiger partial charge in [-0.25, -0.2) is 0 Å². The first-order chi connectivity index (χ1) is 6.86. The molecule has 3 rings (SSSR count). The minimum absolute atomic E-state index is 0.388. The van der Waals surface area contributed by atoms with Crippen molar-refractivity contribution in [3.63, 3.8) is 0 Å². The highest BCUT2D eigenvalue weighted by molar-refractivity contribution is 5.78. The smallest absolute Gasteiger partial charge is 0.227 e. The van der Waals surface area contributed by atoms with Crippen LogP contribution in [0.15, 0.2) is 30.5 Å². The van der Waals surface area contributed by atoms with E-state index in [4.69, 9.17) is 5.73 Å². The molecule has 0 saturated carbocycles. The van der Waals surface area contributed by atoms with E-state index in [1.807, 2.05) is 24.3 Å². The zero-order valence-corrected chi connectivity index (χ0v) is 7.25. The average molecular weight is 185 g/mol. The molecule has 0 amide bonds. The van der Waals surface area contributed by atoms with Gasteiger partial charge >= 0.3 is 0 Å². The van der Waals surface area contributed by atoms with E-state index in [0.29, 0.717) is 11.6 Å². The van der Waals surface area contributed by atoms with Crippen molar-refractivity contribution >= 4 is 22.6 Å². The molecule has 3 aromatic rings. The molecule has 0 saturated heterocycles. The SMILES string of the molecule is Nc1nnc2cnc3ccccc3n12. The van der Waals surface area contributed by atoms with Crippen molar-refractivity contribution in [3.05, 3.63) is 30.5 Å². The van der Waals surface area contributed by atoms with Crippen molar-refractivity contribution in [1.29, 1.82) is 0 Å². The molecule has 0 spiro atoms. The maximum absolute atomic E-state index is 5.70. The molecule has 0 fully saturated rings. The highest BCUT2D eigenvalue weighted by Gasteiger charge is 2.05. The molecule has 0 bridgehead atoms. The number of hydrogen-bond acceptors (Lipinski definition) is 4. The Labute approximate surface area is 79.2 Å². The quantitative estimate of drug-likeness (QED) is 0.564. The van der Waals surface area contributed by atoms with Gasteiger partial charge in [0, 0.05) is 0 Å². The standard InChI is InChI=1S/C9H7N5/c10-9-13-12-8-5-11-6-3-1-2-4-7(6)14(8)9/h1-5H,(H2,10,13). The molecule has 5 heteroatoms. The van der Waals surface area contributed by atoms with Gasteiger partial charge in [-0.05, 0) is 12.1 Å². The summed E-state index contributed by atoms with van der Waals surface area (Å²) in [5, 5.41) is 7.69. The first-order valence-corrected chi connectivity index (χ1v) is 4.20. The lowest BCUT2D eigenvalue weighted by atomic mass is 10.3. The largest absolute Gasteiger partial charge is 0.368 e. The summed E-state index contributed by atoms with van der Waals surface area (Å²) < 4.78 is 1.78. The first-order valence-electron chi connectivity index (χ1n) is 4.20. The molecule has 0 atom stereocenters. The number of aromatic nitrogens is 4. The topological polar surface area (TPSA) is 69.1 Å². The summed E-state index contributed by atoms with van der Waals surface area (Å²) in [6.45, 7) is 0. The summed E-state index contributed by atoms with van der Waals surface area (Å²) in [5.41, 5.74) is 8.18. The van der Waals surface area contributed by atoms with Crippen LogP contribution in [0.1, 0.15) is 0 Å². The number of hydrogen-bond donors (Lipinski definition) is 1. The molecular weight excluding hydrogens is 178 g/mol. The van der Waals surface area contributed by atoms with E-state index < -0.39 is 0 Å². The van der Waals surface area contributed by atoms with Crippen LogP contribution in [0.5, 0.6) is 0 Å². The number of rotatable bonds is 0. The van der Waals surface area contributed by atoms with Crippen molar-refractivity contribution in [1.82, 2.24) is 19.6 Å². The Bertz CT molecular complexity index is 613. The zero-order chi connectivity index (χ0) is 9.54. The van der Waals surface area contributed by atoms with Crippen LogP contribution in [0.3, 0.4) is 0 Å². The Kier molecular flexibility index (Phi) is 1.25. The van der Waals surface area contributed by atoms with Gasteiger partial charge in [0.15, 0.2) is 5.65 Å². The number of nitrogens with two attached hydrogens (primary N) is 1. The summed E-state index contributed by atoms with van der Waals surface area (Å²) in [7, 11) is 0. The van der Waals surface area contributed by atoms with Gasteiger partial charge in [-0.1, -0.05) is 12.1 Å². The maximum atomic E-state index is 5.70. The zero-order valence-electron chi connectivity index (χ0n) is 7.25. The Morgan fingerprint density at radius 3 is 2.93 bits per heavy atom. The normalized spacial score (nSPS) is 11.1. The summed E-state index contributed by atoms with van der Waals surface area (Å²) in [6, 6.07) is 7.73. The Morgan fingerprint density at radius 1 is 1.14 bits per heavy atom. The molecule has 0 unspecified atom stereocenters. The monoisotopic (exact) mass is 185 g/mol. The van der Waals surface area contributed by atoms with Gasteiger partial charge in [0.05, 0.1) is 17.2 Å². The van der Waals surface area contributed by atoms with Crippen LogP contribution in [0, 0.1) is 0 Å². The van der Waals surface area contributed by atoms with Gasteiger partial charge < -0.3 is 5.73 Å². The van der Waals surface area contributed by atoms with Crippen LogP contribution in [-0.4, -0.2) is 19.6 Å². The lowest BCUT2D eigenvalue weighted by Gasteiger charge is -1.99. The molecule has 2 aromatic heterocycles. The van der Waals surface area contributed by atoms with E-state index >= 15 is 0 Å². The van der Waals surface area contributed by atoms with E-state index in [-0.39, 0.29) is 0 Å². The predicted octanol–water partition coefficient (Wildman–Crippen LogP) is 0.860. The lowest BCUT2D eigenvalue weighted by molar-refractivity contribution is 1.12. The molecule has 0 aliphatic carbocycles. The third-order valence-corrected chi connectivity index (χ3v) is 2.15. The van der Waals surface area contributed by atoms with Crippen molar-refractivity contribution < 1.29 is 0 Å². The Hall–Kier alpha value is -2.17. The van der Waals surface area contributed by atoms with Crippen LogP contribution >= 0.6 is 0 Å². The second-order valence-corrected chi connectivity index (χ2v) is 3.00. The molecule has 0 aliphatic heterocycles. The van der Waals surface area contributed by atoms with E-state index in [1.54, 1.807) is 10.6 Å². The lowest BCUT2D eigenvalue weighted by Crippen LogP contribution is -1.96. The van der Waals surface area contributed by atoms with E-state index in [9.17, 15) is 0 Å². The molecule has 2 N–H and O–H groups in total. The third-order valence-electron chi connectivity index (χ3n) is 2.15. The van der Waals surface area contributed by atoms with Gasteiger partial charge in [0.1, 0.15) is 0 Å². The van der Waals surface area contributed by atoms with Crippen molar-refractivity contribution in [2.75, 3.05) is 5.73 Å². The molecule has 68 valence electrons. The van der Waals surface area contributed by atoms with Gasteiger partial charge in [0.25, 0.3) is 0 Å². The number of fused-ring (bicyclic) bond motifs is 3. The van der Waals surface area contributed by atoms with E-state index in [1.165, 1.54) is 0 Å². The number of para-hydroxylation sites is 2. The summed E-state index contributed by atoms with van der Waals surface area (Å²) >= 11 is 0. The summed E-state index contributed by atoms with van der Waals surface area (Å²) in [4.78, 5) is 4.24. The molecule has 0 radical (unpaired) electrons. The minimum Gasteiger partial charge on any atom is -0.368 e. The number of anilines is 1. The molecule has 5 nitrogen and oxygen atoms in total. The fraction of sp³-hybridized carbons (Fsp3) is 0. The molecule has 14 heavy (non-hydrogen) atoms. The summed E-state index contributed by atoms with van der Waals surface area (Å²) in [5.74, 6) is 0.388. The van der Waals surface area contributed by atoms with Crippen LogP contribution in [-0.2, 0) is 0 Å². The fourth-order valence-corrected chi connectivity index (χ4v) is 1.53. The van der Waals surface area contributed by atoms with Crippen LogP contribution in [0.25, 0.3) is 16.7 Å². The molecule has 1 aromatic carbocycles. The number of nitrogen functional groups attached to an aromatic ring is 1. The van der Waals surface area contributed by atoms with Gasteiger partial charge in [-0.15, -0.1) is 10.2 Å². The highest BCUT2D eigenvalue weighted by atomic mass is 15.3. The number of nitrogens with zero attached hydrogens (tertiary/aromatic N) is 4. The highest BCUT2D eigenvalue weighted by Crippen LogP contribution is 2.14. The minimum atomic E-state index is 0.388. The van der Waals surface area contributed by atoms with Gasteiger partial charge in [0.2, 0.25) is 5.95 Å². The maximum Gasteiger partial charge on any atom is 0.227 e. The van der Waals surface area contributed by atoms with E-state index in [2.05, 4.69) is 15.2 Å². The van der Waals surface area contributed by atoms with Crippen molar-refractivity contribution in [3.8, 4) is 0 Å². The van der Waals surface area contributed by atoms with Crippen molar-refractivity contribution in [2.45, 2.75) is 0 Å².